The van der Waals surface area contributed by atoms with E-state index in [-0.39, 0.29) is 22.9 Å². The Hall–Kier alpha value is -3.99. The van der Waals surface area contributed by atoms with Gasteiger partial charge < -0.3 is 20.1 Å². The predicted molar refractivity (Wildman–Crippen MR) is 197 cm³/mol. The molecule has 51 heavy (non-hydrogen) atoms. The summed E-state index contributed by atoms with van der Waals surface area (Å²) < 4.78 is 41.1. The Labute approximate surface area is 301 Å². The molecular weight excluding hydrogens is 674 g/mol. The van der Waals surface area contributed by atoms with Gasteiger partial charge in [-0.1, -0.05) is 12.1 Å². The van der Waals surface area contributed by atoms with Crippen molar-refractivity contribution in [2.45, 2.75) is 89.6 Å². The van der Waals surface area contributed by atoms with E-state index in [1.807, 2.05) is 31.1 Å². The summed E-state index contributed by atoms with van der Waals surface area (Å²) in [4.78, 5) is 26.1. The van der Waals surface area contributed by atoms with Crippen molar-refractivity contribution in [2.75, 3.05) is 39.0 Å². The number of aryl methyl sites for hydroxylation is 2. The minimum atomic E-state index is -4.26. The number of benzene rings is 1. The quantitative estimate of drug-likeness (QED) is 0.150. The van der Waals surface area contributed by atoms with Crippen molar-refractivity contribution >= 4 is 44.2 Å². The number of amides is 1. The molecule has 4 aromatic rings. The van der Waals surface area contributed by atoms with E-state index in [9.17, 15) is 23.2 Å². The molecular formula is C38H47F3N8OS. The van der Waals surface area contributed by atoms with Gasteiger partial charge in [-0.2, -0.15) is 18.4 Å². The number of likely N-dealkylation sites (tertiary alicyclic amines) is 1. The summed E-state index contributed by atoms with van der Waals surface area (Å²) in [6, 6.07) is 10.8. The lowest BCUT2D eigenvalue weighted by molar-refractivity contribution is -0.126. The third kappa shape index (κ3) is 9.47. The lowest BCUT2D eigenvalue weighted by atomic mass is 9.84. The van der Waals surface area contributed by atoms with Gasteiger partial charge in [0, 0.05) is 66.7 Å². The van der Waals surface area contributed by atoms with Crippen LogP contribution in [0.15, 0.2) is 42.7 Å². The lowest BCUT2D eigenvalue weighted by Gasteiger charge is -2.33. The maximum absolute atomic E-state index is 13.0. The summed E-state index contributed by atoms with van der Waals surface area (Å²) in [6.07, 6.45) is 6.62. The number of rotatable bonds is 12. The van der Waals surface area contributed by atoms with Crippen LogP contribution in [0.2, 0.25) is 0 Å². The van der Waals surface area contributed by atoms with Gasteiger partial charge in [-0.05, 0) is 101 Å². The van der Waals surface area contributed by atoms with E-state index in [1.165, 1.54) is 17.5 Å². The standard InChI is InChI=1S/C38H47F3N8OS/c1-25-27(23-48-16-13-29(14-17-48)46-36-33-20-31(21-38(39,40)41)51-37(33)44-24-43-36)8-11-34-32(25)19-30(22-42)49(34)18-12-26-6-9-28(10-7-26)45-35(50)5-4-15-47(2)3/h4-5,8,11,19-20,24,26,28-29H,6-7,9-10,12-18,21,23H2,1-3H3,(H,45,50)(H,43,44,46)/b5-4+. The average Bonchev–Trinajstić information content (AvgIpc) is 3.67. The molecule has 272 valence electrons. The molecule has 2 fully saturated rings. The van der Waals surface area contributed by atoms with Crippen LogP contribution in [0, 0.1) is 24.2 Å². The number of carbonyl (C=O) groups is 1. The zero-order chi connectivity index (χ0) is 36.1. The number of halogens is 3. The van der Waals surface area contributed by atoms with Crippen LogP contribution in [0.1, 0.15) is 66.6 Å². The van der Waals surface area contributed by atoms with Gasteiger partial charge in [0.2, 0.25) is 5.91 Å². The number of nitriles is 1. The number of nitrogens with zero attached hydrogens (tertiary/aromatic N) is 6. The minimum Gasteiger partial charge on any atom is -0.367 e. The number of hydrogen-bond acceptors (Lipinski definition) is 8. The van der Waals surface area contributed by atoms with Gasteiger partial charge in [-0.3, -0.25) is 9.69 Å². The number of thiophene rings is 1. The summed E-state index contributed by atoms with van der Waals surface area (Å²) in [7, 11) is 3.95. The predicted octanol–water partition coefficient (Wildman–Crippen LogP) is 7.19. The highest BCUT2D eigenvalue weighted by molar-refractivity contribution is 7.18. The molecule has 1 aliphatic carbocycles. The molecule has 0 atom stereocenters. The minimum absolute atomic E-state index is 0.0151. The van der Waals surface area contributed by atoms with Crippen molar-refractivity contribution in [3.63, 3.8) is 0 Å². The van der Waals surface area contributed by atoms with Crippen molar-refractivity contribution in [2.24, 2.45) is 5.92 Å². The number of fused-ring (bicyclic) bond motifs is 2. The van der Waals surface area contributed by atoms with Crippen molar-refractivity contribution < 1.29 is 18.0 Å². The van der Waals surface area contributed by atoms with Gasteiger partial charge in [0.25, 0.3) is 0 Å². The van der Waals surface area contributed by atoms with Crippen LogP contribution < -0.4 is 10.6 Å². The fraction of sp³-hybridized carbons (Fsp3) is 0.526. The Kier molecular flexibility index (Phi) is 11.6. The molecule has 1 aliphatic heterocycles. The van der Waals surface area contributed by atoms with Crippen LogP contribution in [0.25, 0.3) is 21.1 Å². The molecule has 0 bridgehead atoms. The smallest absolute Gasteiger partial charge is 0.367 e. The number of anilines is 1. The molecule has 1 saturated heterocycles. The first-order valence-corrected chi connectivity index (χ1v) is 18.7. The van der Waals surface area contributed by atoms with Crippen LogP contribution in [0.4, 0.5) is 19.0 Å². The molecule has 0 spiro atoms. The second kappa shape index (κ2) is 16.1. The second-order valence-corrected chi connectivity index (χ2v) is 15.5. The summed E-state index contributed by atoms with van der Waals surface area (Å²) in [5.41, 5.74) is 4.25. The van der Waals surface area contributed by atoms with E-state index in [1.54, 1.807) is 12.1 Å². The van der Waals surface area contributed by atoms with Gasteiger partial charge in [0.1, 0.15) is 28.7 Å². The average molecular weight is 721 g/mol. The second-order valence-electron chi connectivity index (χ2n) is 14.4. The lowest BCUT2D eigenvalue weighted by Crippen LogP contribution is -2.39. The summed E-state index contributed by atoms with van der Waals surface area (Å²) >= 11 is 1.07. The van der Waals surface area contributed by atoms with E-state index in [4.69, 9.17) is 0 Å². The molecule has 0 radical (unpaired) electrons. The number of piperidine rings is 1. The van der Waals surface area contributed by atoms with E-state index < -0.39 is 12.6 Å². The molecule has 1 amide bonds. The van der Waals surface area contributed by atoms with E-state index in [0.29, 0.717) is 27.6 Å². The monoisotopic (exact) mass is 720 g/mol. The van der Waals surface area contributed by atoms with Crippen LogP contribution in [-0.4, -0.2) is 82.2 Å². The van der Waals surface area contributed by atoms with Gasteiger partial charge >= 0.3 is 6.18 Å². The highest BCUT2D eigenvalue weighted by Gasteiger charge is 2.29. The fourth-order valence-electron chi connectivity index (χ4n) is 7.53. The number of carbonyl (C=O) groups excluding carboxylic acids is 1. The third-order valence-corrected chi connectivity index (χ3v) is 11.4. The van der Waals surface area contributed by atoms with Crippen molar-refractivity contribution in [3.8, 4) is 6.07 Å². The first-order valence-electron chi connectivity index (χ1n) is 17.9. The van der Waals surface area contributed by atoms with E-state index in [2.05, 4.69) is 55.2 Å². The van der Waals surface area contributed by atoms with Crippen molar-refractivity contribution in [3.05, 3.63) is 64.4 Å². The Balaban J connectivity index is 1.01. The molecule has 4 heterocycles. The molecule has 6 rings (SSSR count). The fourth-order valence-corrected chi connectivity index (χ4v) is 8.55. The molecule has 3 aromatic heterocycles. The van der Waals surface area contributed by atoms with Crippen LogP contribution in [0.3, 0.4) is 0 Å². The van der Waals surface area contributed by atoms with Crippen molar-refractivity contribution in [1.29, 1.82) is 5.26 Å². The van der Waals surface area contributed by atoms with E-state index in [0.717, 1.165) is 99.9 Å². The largest absolute Gasteiger partial charge is 0.393 e. The molecule has 1 aromatic carbocycles. The highest BCUT2D eigenvalue weighted by Crippen LogP contribution is 2.34. The maximum atomic E-state index is 13.0. The van der Waals surface area contributed by atoms with Gasteiger partial charge in [-0.15, -0.1) is 11.3 Å². The van der Waals surface area contributed by atoms with E-state index >= 15 is 0 Å². The summed E-state index contributed by atoms with van der Waals surface area (Å²) in [6.45, 7) is 6.28. The Morgan fingerprint density at radius 2 is 1.84 bits per heavy atom. The Morgan fingerprint density at radius 1 is 1.08 bits per heavy atom. The number of hydrogen-bond donors (Lipinski definition) is 2. The van der Waals surface area contributed by atoms with Crippen LogP contribution in [-0.2, 0) is 24.3 Å². The molecule has 2 aliphatic rings. The van der Waals surface area contributed by atoms with Gasteiger partial charge in [-0.25, -0.2) is 9.97 Å². The van der Waals surface area contributed by atoms with Gasteiger partial charge in [0.15, 0.2) is 0 Å². The van der Waals surface area contributed by atoms with Crippen molar-refractivity contribution in [1.82, 2.24) is 29.7 Å². The molecule has 9 nitrogen and oxygen atoms in total. The topological polar surface area (TPSA) is 102 Å². The number of nitrogens with one attached hydrogen (secondary N) is 2. The third-order valence-electron chi connectivity index (χ3n) is 10.4. The Morgan fingerprint density at radius 3 is 2.55 bits per heavy atom. The number of alkyl halides is 3. The normalized spacial score (nSPS) is 19.3. The van der Waals surface area contributed by atoms with Crippen LogP contribution in [0.5, 0.6) is 0 Å². The maximum Gasteiger partial charge on any atom is 0.393 e. The Bertz CT molecular complexity index is 1890. The van der Waals surface area contributed by atoms with Gasteiger partial charge in [0.05, 0.1) is 11.8 Å². The molecule has 13 heteroatoms. The first-order chi connectivity index (χ1) is 24.5. The molecule has 0 unspecified atom stereocenters. The first kappa shape index (κ1) is 36.8. The molecule has 2 N–H and O–H groups in total. The molecule has 1 saturated carbocycles. The zero-order valence-electron chi connectivity index (χ0n) is 29.6. The highest BCUT2D eigenvalue weighted by atomic mass is 32.1. The van der Waals surface area contributed by atoms with Crippen LogP contribution >= 0.6 is 11.3 Å². The number of likely N-dealkylation sites (N-methyl/N-ethyl adjacent to an activating group) is 1. The summed E-state index contributed by atoms with van der Waals surface area (Å²) in [5.74, 6) is 1.16. The zero-order valence-corrected chi connectivity index (χ0v) is 30.4. The summed E-state index contributed by atoms with van der Waals surface area (Å²) in [5, 5.41) is 18.5. The SMILES string of the molecule is Cc1c(CN2CCC(Nc3ncnc4sc(CC(F)(F)F)cc34)CC2)ccc2c1cc(C#N)n2CCC1CCC(NC(=O)/C=C/CN(C)C)CC1. The number of aromatic nitrogens is 3.